The van der Waals surface area contributed by atoms with Crippen molar-refractivity contribution in [3.63, 3.8) is 0 Å². The second kappa shape index (κ2) is 2.76. The maximum atomic E-state index is 5.25. The van der Waals surface area contributed by atoms with Gasteiger partial charge in [-0.15, -0.1) is 12.4 Å². The summed E-state index contributed by atoms with van der Waals surface area (Å²) < 4.78 is 0. The Morgan fingerprint density at radius 1 is 1.12 bits per heavy atom. The molecule has 0 saturated heterocycles. The van der Waals surface area contributed by atoms with Crippen LogP contribution in [-0.4, -0.2) is 16.7 Å². The smallest absolute Gasteiger partial charge is 0.118 e. The fraction of sp³-hybridized carbons (Fsp3) is 0.333. The minimum Gasteiger partial charge on any atom is -0.296 e. The van der Waals surface area contributed by atoms with Crippen LogP contribution in [0.15, 0.2) is 12.4 Å². The van der Waals surface area contributed by atoms with Crippen LogP contribution >= 0.6 is 12.4 Å². The first kappa shape index (κ1) is 7.55. The van der Waals surface area contributed by atoms with Gasteiger partial charge in [0.1, 0.15) is 6.67 Å². The molecule has 0 aromatic heterocycles. The lowest BCUT2D eigenvalue weighted by Gasteiger charge is -2.09. The van der Waals surface area contributed by atoms with Crippen molar-refractivity contribution >= 4 is 12.4 Å². The first-order chi connectivity index (χ1) is 3.29. The lowest BCUT2D eigenvalue weighted by molar-refractivity contribution is 0.276. The molecule has 0 amide bonds. The van der Waals surface area contributed by atoms with Crippen LogP contribution in [0.3, 0.4) is 0 Å². The lowest BCUT2D eigenvalue weighted by atomic mass is 10.9. The summed E-state index contributed by atoms with van der Waals surface area (Å²) in [7, 11) is 0. The van der Waals surface area contributed by atoms with Gasteiger partial charge in [-0.2, -0.15) is 0 Å². The van der Waals surface area contributed by atoms with Crippen LogP contribution in [0.2, 0.25) is 0 Å². The highest BCUT2D eigenvalue weighted by molar-refractivity contribution is 5.85. The molecule has 0 fully saturated rings. The molecule has 0 aromatic carbocycles. The normalized spacial score (nSPS) is 16.8. The van der Waals surface area contributed by atoms with Crippen molar-refractivity contribution < 1.29 is 0 Å². The summed E-state index contributed by atoms with van der Waals surface area (Å²) in [6.07, 6.45) is 3.42. The van der Waals surface area contributed by atoms with Crippen molar-refractivity contribution in [2.45, 2.75) is 0 Å². The topological polar surface area (TPSA) is 58.5 Å². The molecule has 0 saturated carbocycles. The first-order valence-electron chi connectivity index (χ1n) is 2.00. The maximum Gasteiger partial charge on any atom is 0.118 e. The molecular weight excluding hydrogens is 128 g/mol. The predicted molar refractivity (Wildman–Crippen MR) is 33.3 cm³/mol. The second-order valence-corrected chi connectivity index (χ2v) is 1.47. The van der Waals surface area contributed by atoms with Crippen LogP contribution in [0.25, 0.3) is 0 Å². The standard InChI is InChI=1S/C3H8N4.ClH/c4-6-1-2-7(5)3-6;/h1-2H,3-5H2;1H. The van der Waals surface area contributed by atoms with Gasteiger partial charge in [-0.1, -0.05) is 0 Å². The molecule has 48 valence electrons. The third kappa shape index (κ3) is 1.57. The summed E-state index contributed by atoms with van der Waals surface area (Å²) >= 11 is 0. The van der Waals surface area contributed by atoms with Crippen molar-refractivity contribution in [3.8, 4) is 0 Å². The van der Waals surface area contributed by atoms with E-state index in [2.05, 4.69) is 0 Å². The predicted octanol–water partition coefficient (Wildman–Crippen LogP) is -0.798. The number of hydrazine groups is 2. The molecule has 1 aliphatic heterocycles. The number of nitrogens with zero attached hydrogens (tertiary/aromatic N) is 2. The molecule has 5 heteroatoms. The third-order valence-corrected chi connectivity index (χ3v) is 0.776. The summed E-state index contributed by atoms with van der Waals surface area (Å²) in [4.78, 5) is 0. The van der Waals surface area contributed by atoms with Gasteiger partial charge in [0.05, 0.1) is 0 Å². The minimum atomic E-state index is 0. The van der Waals surface area contributed by atoms with Gasteiger partial charge in [0.2, 0.25) is 0 Å². The molecule has 1 aliphatic rings. The Morgan fingerprint density at radius 3 is 1.62 bits per heavy atom. The SMILES string of the molecule is Cl.NN1C=CN(N)C1. The maximum absolute atomic E-state index is 5.25. The fourth-order valence-electron chi connectivity index (χ4n) is 0.454. The molecule has 0 aromatic rings. The Balaban J connectivity index is 0.000000490. The van der Waals surface area contributed by atoms with E-state index in [1.165, 1.54) is 10.0 Å². The van der Waals surface area contributed by atoms with Gasteiger partial charge in [0.25, 0.3) is 0 Å². The highest BCUT2D eigenvalue weighted by atomic mass is 35.5. The fourth-order valence-corrected chi connectivity index (χ4v) is 0.454. The monoisotopic (exact) mass is 136 g/mol. The molecule has 0 aliphatic carbocycles. The first-order valence-corrected chi connectivity index (χ1v) is 2.00. The van der Waals surface area contributed by atoms with E-state index in [1.807, 2.05) is 0 Å². The van der Waals surface area contributed by atoms with E-state index in [9.17, 15) is 0 Å². The molecule has 0 bridgehead atoms. The van der Waals surface area contributed by atoms with Crippen LogP contribution in [0.5, 0.6) is 0 Å². The Kier molecular flexibility index (Phi) is 2.60. The van der Waals surface area contributed by atoms with Crippen molar-refractivity contribution in [1.29, 1.82) is 0 Å². The zero-order valence-electron chi connectivity index (χ0n) is 4.32. The number of hydrogen-bond acceptors (Lipinski definition) is 4. The van der Waals surface area contributed by atoms with Gasteiger partial charge in [0.15, 0.2) is 0 Å². The Labute approximate surface area is 54.1 Å². The Morgan fingerprint density at radius 2 is 1.50 bits per heavy atom. The van der Waals surface area contributed by atoms with Crippen molar-refractivity contribution in [2.75, 3.05) is 6.67 Å². The lowest BCUT2D eigenvalue weighted by Crippen LogP contribution is -2.33. The van der Waals surface area contributed by atoms with Crippen LogP contribution < -0.4 is 11.7 Å². The average molecular weight is 137 g/mol. The molecular formula is C3H9ClN4. The highest BCUT2D eigenvalue weighted by Gasteiger charge is 2.01. The zero-order chi connectivity index (χ0) is 5.28. The second-order valence-electron chi connectivity index (χ2n) is 1.47. The van der Waals surface area contributed by atoms with Gasteiger partial charge >= 0.3 is 0 Å². The van der Waals surface area contributed by atoms with Gasteiger partial charge in [-0.3, -0.25) is 10.0 Å². The van der Waals surface area contributed by atoms with Crippen molar-refractivity contribution in [1.82, 2.24) is 10.0 Å². The van der Waals surface area contributed by atoms with E-state index in [1.54, 1.807) is 12.4 Å². The molecule has 8 heavy (non-hydrogen) atoms. The van der Waals surface area contributed by atoms with Crippen LogP contribution in [0.1, 0.15) is 0 Å². The quantitative estimate of drug-likeness (QED) is 0.429. The van der Waals surface area contributed by atoms with Gasteiger partial charge in [0, 0.05) is 12.4 Å². The third-order valence-electron chi connectivity index (χ3n) is 0.776. The Hall–Kier alpha value is -0.450. The van der Waals surface area contributed by atoms with Crippen molar-refractivity contribution in [2.24, 2.45) is 11.7 Å². The van der Waals surface area contributed by atoms with Gasteiger partial charge in [-0.05, 0) is 0 Å². The molecule has 4 nitrogen and oxygen atoms in total. The molecule has 0 atom stereocenters. The molecule has 1 heterocycles. The van der Waals surface area contributed by atoms with E-state index in [-0.39, 0.29) is 12.4 Å². The molecule has 0 radical (unpaired) electrons. The minimum absolute atomic E-state index is 0. The Bertz CT molecular complexity index is 83.3. The van der Waals surface area contributed by atoms with E-state index >= 15 is 0 Å². The molecule has 0 unspecified atom stereocenters. The molecule has 4 N–H and O–H groups in total. The van der Waals surface area contributed by atoms with Crippen LogP contribution in [0, 0.1) is 0 Å². The number of halogens is 1. The summed E-state index contributed by atoms with van der Waals surface area (Å²) in [5, 5.41) is 3.00. The van der Waals surface area contributed by atoms with E-state index in [0.29, 0.717) is 6.67 Å². The van der Waals surface area contributed by atoms with Crippen LogP contribution in [0.4, 0.5) is 0 Å². The van der Waals surface area contributed by atoms with E-state index < -0.39 is 0 Å². The average Bonchev–Trinajstić information content (AvgIpc) is 1.87. The van der Waals surface area contributed by atoms with Gasteiger partial charge < -0.3 is 0 Å². The molecule has 0 spiro atoms. The summed E-state index contributed by atoms with van der Waals surface area (Å²) in [5.41, 5.74) is 0. The largest absolute Gasteiger partial charge is 0.296 e. The summed E-state index contributed by atoms with van der Waals surface area (Å²) in [6.45, 7) is 0.583. The summed E-state index contributed by atoms with van der Waals surface area (Å²) in [5.74, 6) is 10.5. The number of rotatable bonds is 0. The van der Waals surface area contributed by atoms with Crippen molar-refractivity contribution in [3.05, 3.63) is 12.4 Å². The molecule has 1 rings (SSSR count). The number of nitrogens with two attached hydrogens (primary N) is 2. The summed E-state index contributed by atoms with van der Waals surface area (Å²) in [6, 6.07) is 0. The van der Waals surface area contributed by atoms with Gasteiger partial charge in [-0.25, -0.2) is 11.7 Å². The zero-order valence-corrected chi connectivity index (χ0v) is 5.14. The van der Waals surface area contributed by atoms with E-state index in [0.717, 1.165) is 0 Å². The highest BCUT2D eigenvalue weighted by Crippen LogP contribution is 1.92. The van der Waals surface area contributed by atoms with Crippen LogP contribution in [-0.2, 0) is 0 Å². The van der Waals surface area contributed by atoms with E-state index in [4.69, 9.17) is 11.7 Å². The number of hydrogen-bond donors (Lipinski definition) is 2.